The van der Waals surface area contributed by atoms with Crippen molar-refractivity contribution >= 4 is 73.5 Å². The summed E-state index contributed by atoms with van der Waals surface area (Å²) in [5.74, 6) is -0.505. The summed E-state index contributed by atoms with van der Waals surface area (Å²) in [6.45, 7) is 3.84. The van der Waals surface area contributed by atoms with Crippen molar-refractivity contribution < 1.29 is 18.7 Å². The number of nitrogens with one attached hydrogen (secondary N) is 1. The minimum absolute atomic E-state index is 0.148. The van der Waals surface area contributed by atoms with Crippen molar-refractivity contribution in [2.75, 3.05) is 16.8 Å². The highest BCUT2D eigenvalue weighted by Crippen LogP contribution is 2.36. The number of halogens is 2. The van der Waals surface area contributed by atoms with Gasteiger partial charge in [0.25, 0.3) is 11.8 Å². The van der Waals surface area contributed by atoms with Crippen LogP contribution in [0, 0.1) is 19.7 Å². The molecule has 0 aliphatic carbocycles. The van der Waals surface area contributed by atoms with Gasteiger partial charge in [0.1, 0.15) is 11.6 Å². The zero-order chi connectivity index (χ0) is 25.1. The lowest BCUT2D eigenvalue weighted by Gasteiger charge is -2.14. The van der Waals surface area contributed by atoms with Crippen LogP contribution in [0.25, 0.3) is 6.08 Å². The number of benzene rings is 3. The molecule has 1 aliphatic heterocycles. The van der Waals surface area contributed by atoms with Crippen molar-refractivity contribution in [1.82, 2.24) is 0 Å². The number of thiocarbonyl (C=S) groups is 1. The molecule has 0 saturated carbocycles. The lowest BCUT2D eigenvalue weighted by molar-refractivity contribution is -0.118. The number of anilines is 2. The van der Waals surface area contributed by atoms with E-state index in [-0.39, 0.29) is 18.4 Å². The van der Waals surface area contributed by atoms with Crippen LogP contribution in [0.1, 0.15) is 16.7 Å². The zero-order valence-corrected chi connectivity index (χ0v) is 22.0. The molecule has 4 rings (SSSR count). The van der Waals surface area contributed by atoms with E-state index < -0.39 is 5.82 Å². The fourth-order valence-corrected chi connectivity index (χ4v) is 5.19. The molecule has 0 unspecified atom stereocenters. The van der Waals surface area contributed by atoms with Crippen LogP contribution in [0.3, 0.4) is 0 Å². The second-order valence-corrected chi connectivity index (χ2v) is 10.3. The Balaban J connectivity index is 1.37. The van der Waals surface area contributed by atoms with Crippen LogP contribution in [0.4, 0.5) is 15.8 Å². The number of rotatable bonds is 6. The topological polar surface area (TPSA) is 58.6 Å². The van der Waals surface area contributed by atoms with Crippen LogP contribution in [0.2, 0.25) is 0 Å². The number of aryl methyl sites for hydroxylation is 2. The first-order chi connectivity index (χ1) is 16.7. The molecule has 0 radical (unpaired) electrons. The molecule has 1 aliphatic rings. The van der Waals surface area contributed by atoms with Crippen LogP contribution in [-0.4, -0.2) is 22.7 Å². The second kappa shape index (κ2) is 10.7. The van der Waals surface area contributed by atoms with Gasteiger partial charge in [0.05, 0.1) is 16.3 Å². The van der Waals surface area contributed by atoms with Gasteiger partial charge in [-0.25, -0.2) is 4.39 Å². The van der Waals surface area contributed by atoms with Gasteiger partial charge in [0.15, 0.2) is 10.9 Å². The van der Waals surface area contributed by atoms with E-state index in [2.05, 4.69) is 21.2 Å². The predicted molar refractivity (Wildman–Crippen MR) is 146 cm³/mol. The van der Waals surface area contributed by atoms with Crippen LogP contribution < -0.4 is 15.0 Å². The number of amides is 2. The molecule has 5 nitrogen and oxygen atoms in total. The number of carbonyl (C=O) groups is 2. The Morgan fingerprint density at radius 3 is 2.57 bits per heavy atom. The van der Waals surface area contributed by atoms with Crippen molar-refractivity contribution in [2.45, 2.75) is 13.8 Å². The summed E-state index contributed by atoms with van der Waals surface area (Å²) in [5.41, 5.74) is 4.05. The number of carbonyl (C=O) groups excluding carboxylic acids is 2. The van der Waals surface area contributed by atoms with E-state index >= 15 is 0 Å². The maximum absolute atomic E-state index is 13.6. The summed E-state index contributed by atoms with van der Waals surface area (Å²) < 4.78 is 20.3. The van der Waals surface area contributed by atoms with E-state index in [0.29, 0.717) is 26.3 Å². The molecule has 3 aromatic rings. The van der Waals surface area contributed by atoms with Crippen LogP contribution in [0.5, 0.6) is 5.75 Å². The summed E-state index contributed by atoms with van der Waals surface area (Å²) in [4.78, 5) is 26.9. The van der Waals surface area contributed by atoms with Crippen LogP contribution >= 0.6 is 39.9 Å². The SMILES string of the molecule is Cc1cc(Br)c(NC(=O)COc2ccc(/C=C3\SC(=S)N(c4cccc(F)c4)C3=O)cc2)cc1C. The van der Waals surface area contributed by atoms with Crippen molar-refractivity contribution in [2.24, 2.45) is 0 Å². The quantitative estimate of drug-likeness (QED) is 0.266. The molecular weight excluding hydrogens is 551 g/mol. The van der Waals surface area contributed by atoms with E-state index in [1.807, 2.05) is 26.0 Å². The van der Waals surface area contributed by atoms with E-state index in [1.54, 1.807) is 36.4 Å². The van der Waals surface area contributed by atoms with Gasteiger partial charge in [0, 0.05) is 4.47 Å². The largest absolute Gasteiger partial charge is 0.484 e. The first kappa shape index (κ1) is 25.1. The van der Waals surface area contributed by atoms with E-state index in [1.165, 1.54) is 23.1 Å². The molecule has 9 heteroatoms. The minimum Gasteiger partial charge on any atom is -0.484 e. The third-order valence-corrected chi connectivity index (χ3v) is 7.22. The molecule has 3 aromatic carbocycles. The number of ether oxygens (including phenoxy) is 1. The molecule has 178 valence electrons. The van der Waals surface area contributed by atoms with Gasteiger partial charge in [-0.05, 0) is 95.0 Å². The Labute approximate surface area is 220 Å². The summed E-state index contributed by atoms with van der Waals surface area (Å²) in [6, 6.07) is 16.6. The molecule has 0 atom stereocenters. The Kier molecular flexibility index (Phi) is 7.69. The highest BCUT2D eigenvalue weighted by Gasteiger charge is 2.33. The lowest BCUT2D eigenvalue weighted by Crippen LogP contribution is -2.27. The van der Waals surface area contributed by atoms with Crippen LogP contribution in [-0.2, 0) is 9.59 Å². The van der Waals surface area contributed by atoms with Gasteiger partial charge in [-0.3, -0.25) is 14.5 Å². The summed E-state index contributed by atoms with van der Waals surface area (Å²) in [6.07, 6.45) is 1.71. The third-order valence-electron chi connectivity index (χ3n) is 5.27. The fourth-order valence-electron chi connectivity index (χ4n) is 3.33. The first-order valence-electron chi connectivity index (χ1n) is 10.5. The number of thioether (sulfide) groups is 1. The summed E-state index contributed by atoms with van der Waals surface area (Å²) in [7, 11) is 0. The van der Waals surface area contributed by atoms with E-state index in [0.717, 1.165) is 32.9 Å². The monoisotopic (exact) mass is 570 g/mol. The average Bonchev–Trinajstić information content (AvgIpc) is 3.09. The minimum atomic E-state index is -0.439. The molecule has 2 amide bonds. The number of nitrogens with zero attached hydrogens (tertiary/aromatic N) is 1. The second-order valence-electron chi connectivity index (χ2n) is 7.82. The average molecular weight is 571 g/mol. The Hall–Kier alpha value is -3.01. The maximum Gasteiger partial charge on any atom is 0.270 e. The summed E-state index contributed by atoms with van der Waals surface area (Å²) >= 11 is 9.95. The zero-order valence-electron chi connectivity index (χ0n) is 18.8. The van der Waals surface area contributed by atoms with Gasteiger partial charge in [-0.2, -0.15) is 0 Å². The van der Waals surface area contributed by atoms with Gasteiger partial charge in [-0.15, -0.1) is 0 Å². The van der Waals surface area contributed by atoms with Gasteiger partial charge >= 0.3 is 0 Å². The standard InChI is InChI=1S/C26H20BrFN2O3S2/c1-15-10-21(27)22(11-16(15)2)29-24(31)14-33-20-8-6-17(7-9-20)12-23-25(32)30(26(34)35-23)19-5-3-4-18(28)13-19/h3-13H,14H2,1-2H3,(H,29,31)/b23-12-. The molecule has 1 fully saturated rings. The first-order valence-corrected chi connectivity index (χ1v) is 12.6. The molecule has 1 heterocycles. The molecular formula is C26H20BrFN2O3S2. The molecule has 1 saturated heterocycles. The highest BCUT2D eigenvalue weighted by atomic mass is 79.9. The van der Waals surface area contributed by atoms with Crippen molar-refractivity contribution in [3.8, 4) is 5.75 Å². The van der Waals surface area contributed by atoms with Crippen molar-refractivity contribution in [3.05, 3.63) is 92.5 Å². The molecule has 35 heavy (non-hydrogen) atoms. The normalized spacial score (nSPS) is 14.5. The molecule has 0 aromatic heterocycles. The highest BCUT2D eigenvalue weighted by molar-refractivity contribution is 9.10. The van der Waals surface area contributed by atoms with Crippen molar-refractivity contribution in [3.63, 3.8) is 0 Å². The van der Waals surface area contributed by atoms with Gasteiger partial charge < -0.3 is 10.1 Å². The Bertz CT molecular complexity index is 1360. The smallest absolute Gasteiger partial charge is 0.270 e. The van der Waals surface area contributed by atoms with Crippen molar-refractivity contribution in [1.29, 1.82) is 0 Å². The molecule has 0 spiro atoms. The Morgan fingerprint density at radius 2 is 1.86 bits per heavy atom. The predicted octanol–water partition coefficient (Wildman–Crippen LogP) is 6.63. The third kappa shape index (κ3) is 5.98. The summed E-state index contributed by atoms with van der Waals surface area (Å²) in [5, 5.41) is 2.84. The molecule has 0 bridgehead atoms. The maximum atomic E-state index is 13.6. The van der Waals surface area contributed by atoms with E-state index in [4.69, 9.17) is 17.0 Å². The Morgan fingerprint density at radius 1 is 1.14 bits per heavy atom. The fraction of sp³-hybridized carbons (Fsp3) is 0.115. The number of hydrogen-bond donors (Lipinski definition) is 1. The molecule has 1 N–H and O–H groups in total. The lowest BCUT2D eigenvalue weighted by atomic mass is 10.1. The van der Waals surface area contributed by atoms with Crippen LogP contribution in [0.15, 0.2) is 70.0 Å². The number of hydrogen-bond acceptors (Lipinski definition) is 5. The van der Waals surface area contributed by atoms with Gasteiger partial charge in [0.2, 0.25) is 0 Å². The van der Waals surface area contributed by atoms with Gasteiger partial charge in [-0.1, -0.05) is 42.2 Å². The van der Waals surface area contributed by atoms with E-state index in [9.17, 15) is 14.0 Å².